The van der Waals surface area contributed by atoms with Crippen LogP contribution in [-0.4, -0.2) is 21.4 Å². The molecule has 4 nitrogen and oxygen atoms in total. The molecular formula is C19H16Cl2N4S. The molecule has 0 aliphatic carbocycles. The van der Waals surface area contributed by atoms with Crippen LogP contribution in [0.2, 0.25) is 10.0 Å². The van der Waals surface area contributed by atoms with Gasteiger partial charge in [0.25, 0.3) is 0 Å². The van der Waals surface area contributed by atoms with Gasteiger partial charge in [-0.3, -0.25) is 4.99 Å². The van der Waals surface area contributed by atoms with Gasteiger partial charge in [-0.1, -0.05) is 47.1 Å². The molecule has 26 heavy (non-hydrogen) atoms. The van der Waals surface area contributed by atoms with Crippen LogP contribution >= 0.6 is 35.0 Å². The van der Waals surface area contributed by atoms with Gasteiger partial charge in [0, 0.05) is 28.4 Å². The zero-order valence-corrected chi connectivity index (χ0v) is 16.4. The molecule has 0 fully saturated rings. The van der Waals surface area contributed by atoms with Crippen molar-refractivity contribution >= 4 is 46.9 Å². The maximum atomic E-state index is 5.91. The Morgan fingerprint density at radius 2 is 1.62 bits per heavy atom. The largest absolute Gasteiger partial charge is 0.261 e. The van der Waals surface area contributed by atoms with Crippen molar-refractivity contribution in [1.82, 2.24) is 15.2 Å². The zero-order chi connectivity index (χ0) is 18.4. The number of benzene rings is 2. The second-order valence-electron chi connectivity index (χ2n) is 5.53. The van der Waals surface area contributed by atoms with Crippen molar-refractivity contribution in [1.29, 1.82) is 0 Å². The summed E-state index contributed by atoms with van der Waals surface area (Å²) < 4.78 is 0. The van der Waals surface area contributed by atoms with Crippen LogP contribution < -0.4 is 0 Å². The average molecular weight is 403 g/mol. The molecule has 0 saturated heterocycles. The fourth-order valence-corrected chi connectivity index (χ4v) is 3.16. The van der Waals surface area contributed by atoms with Crippen LogP contribution in [0.15, 0.2) is 58.7 Å². The number of halogens is 2. The summed E-state index contributed by atoms with van der Waals surface area (Å²) in [6.07, 6.45) is 2.42. The van der Waals surface area contributed by atoms with Crippen molar-refractivity contribution in [2.45, 2.75) is 24.3 Å². The van der Waals surface area contributed by atoms with Crippen LogP contribution in [0.3, 0.4) is 0 Å². The molecule has 3 rings (SSSR count). The van der Waals surface area contributed by atoms with Crippen LogP contribution in [0, 0.1) is 6.92 Å². The summed E-state index contributed by atoms with van der Waals surface area (Å²) in [4.78, 5) is 9.03. The van der Waals surface area contributed by atoms with E-state index in [0.29, 0.717) is 16.6 Å². The highest BCUT2D eigenvalue weighted by Crippen LogP contribution is 2.21. The number of hydrogen-bond donors (Lipinski definition) is 0. The monoisotopic (exact) mass is 402 g/mol. The number of thioether (sulfide) groups is 1. The Balaban J connectivity index is 1.63. The molecular weight excluding hydrogens is 387 g/mol. The smallest absolute Gasteiger partial charge is 0.209 e. The molecule has 0 radical (unpaired) electrons. The van der Waals surface area contributed by atoms with Crippen LogP contribution in [0.5, 0.6) is 0 Å². The summed E-state index contributed by atoms with van der Waals surface area (Å²) in [5, 5.41) is 10.5. The van der Waals surface area contributed by atoms with Crippen molar-refractivity contribution in [3.05, 3.63) is 75.5 Å². The topological polar surface area (TPSA) is 51.0 Å². The summed E-state index contributed by atoms with van der Waals surface area (Å²) in [6.45, 7) is 1.90. The predicted octanol–water partition coefficient (Wildman–Crippen LogP) is 5.72. The van der Waals surface area contributed by atoms with Gasteiger partial charge in [-0.25, -0.2) is 4.98 Å². The van der Waals surface area contributed by atoms with E-state index in [1.165, 1.54) is 0 Å². The summed E-state index contributed by atoms with van der Waals surface area (Å²) in [5.41, 5.74) is 3.69. The molecule has 0 N–H and O–H groups in total. The first-order valence-electron chi connectivity index (χ1n) is 7.96. The lowest BCUT2D eigenvalue weighted by molar-refractivity contribution is 0.782. The minimum atomic E-state index is 0.596. The maximum absolute atomic E-state index is 5.91. The normalized spacial score (nSPS) is 11.2. The highest BCUT2D eigenvalue weighted by Gasteiger charge is 2.06. The second kappa shape index (κ2) is 9.12. The maximum Gasteiger partial charge on any atom is 0.209 e. The van der Waals surface area contributed by atoms with Crippen LogP contribution in [0.4, 0.5) is 5.69 Å². The molecule has 3 aromatic rings. The quantitative estimate of drug-likeness (QED) is 0.390. The van der Waals surface area contributed by atoms with E-state index in [-0.39, 0.29) is 0 Å². The molecule has 132 valence electrons. The minimum Gasteiger partial charge on any atom is -0.261 e. The fourth-order valence-electron chi connectivity index (χ4n) is 2.14. The average Bonchev–Trinajstić information content (AvgIpc) is 2.65. The lowest BCUT2D eigenvalue weighted by Gasteiger charge is -2.04. The van der Waals surface area contributed by atoms with E-state index in [0.717, 1.165) is 33.4 Å². The number of aromatic nitrogens is 3. The summed E-state index contributed by atoms with van der Waals surface area (Å²) in [7, 11) is 0. The standard InChI is InChI=1S/C19H16Cl2N4S/c1-13-18(10-11-22-17-8-6-16(21)7-9-17)23-19(25-24-13)26-12-14-2-4-15(20)5-3-14/h2-9,11H,10,12H2,1H3. The van der Waals surface area contributed by atoms with Gasteiger partial charge in [0.1, 0.15) is 0 Å². The first-order chi connectivity index (χ1) is 12.6. The number of aliphatic imine (C=N–C) groups is 1. The van der Waals surface area contributed by atoms with Crippen molar-refractivity contribution in [3.8, 4) is 0 Å². The van der Waals surface area contributed by atoms with Crippen molar-refractivity contribution < 1.29 is 0 Å². The van der Waals surface area contributed by atoms with Gasteiger partial charge < -0.3 is 0 Å². The Morgan fingerprint density at radius 3 is 2.31 bits per heavy atom. The third kappa shape index (κ3) is 5.53. The first-order valence-corrected chi connectivity index (χ1v) is 9.70. The minimum absolute atomic E-state index is 0.596. The van der Waals surface area contributed by atoms with E-state index in [9.17, 15) is 0 Å². The molecule has 0 spiro atoms. The molecule has 2 aromatic carbocycles. The fraction of sp³-hybridized carbons (Fsp3) is 0.158. The molecule has 0 aliphatic rings. The van der Waals surface area contributed by atoms with E-state index in [4.69, 9.17) is 23.2 Å². The van der Waals surface area contributed by atoms with Gasteiger partial charge in [-0.15, -0.1) is 5.10 Å². The molecule has 0 saturated carbocycles. The molecule has 0 aliphatic heterocycles. The van der Waals surface area contributed by atoms with Crippen LogP contribution in [-0.2, 0) is 12.2 Å². The van der Waals surface area contributed by atoms with E-state index >= 15 is 0 Å². The Bertz CT molecular complexity index is 896. The summed E-state index contributed by atoms with van der Waals surface area (Å²) in [5.74, 6) is 0.764. The van der Waals surface area contributed by atoms with E-state index in [2.05, 4.69) is 20.2 Å². The van der Waals surface area contributed by atoms with Gasteiger partial charge in [0.15, 0.2) is 0 Å². The molecule has 0 unspecified atom stereocenters. The Kier molecular flexibility index (Phi) is 6.61. The Hall–Kier alpha value is -1.95. The molecule has 0 amide bonds. The van der Waals surface area contributed by atoms with Crippen LogP contribution in [0.1, 0.15) is 17.0 Å². The van der Waals surface area contributed by atoms with Gasteiger partial charge >= 0.3 is 0 Å². The first kappa shape index (κ1) is 18.8. The lowest BCUT2D eigenvalue weighted by Crippen LogP contribution is -2.03. The zero-order valence-electron chi connectivity index (χ0n) is 14.1. The van der Waals surface area contributed by atoms with E-state index in [1.807, 2.05) is 61.7 Å². The highest BCUT2D eigenvalue weighted by atomic mass is 35.5. The number of aryl methyl sites for hydroxylation is 1. The summed E-state index contributed by atoms with van der Waals surface area (Å²) in [6, 6.07) is 15.1. The number of rotatable bonds is 6. The lowest BCUT2D eigenvalue weighted by atomic mass is 10.2. The molecule has 1 heterocycles. The third-order valence-electron chi connectivity index (χ3n) is 3.57. The number of nitrogens with zero attached hydrogens (tertiary/aromatic N) is 4. The van der Waals surface area contributed by atoms with Crippen LogP contribution in [0.25, 0.3) is 0 Å². The van der Waals surface area contributed by atoms with Crippen molar-refractivity contribution in [3.63, 3.8) is 0 Å². The molecule has 0 bridgehead atoms. The summed E-state index contributed by atoms with van der Waals surface area (Å²) >= 11 is 13.3. The van der Waals surface area contributed by atoms with Gasteiger partial charge in [0.05, 0.1) is 17.1 Å². The number of hydrogen-bond acceptors (Lipinski definition) is 5. The predicted molar refractivity (Wildman–Crippen MR) is 109 cm³/mol. The van der Waals surface area contributed by atoms with E-state index < -0.39 is 0 Å². The van der Waals surface area contributed by atoms with Gasteiger partial charge in [-0.05, 0) is 48.9 Å². The molecule has 1 aromatic heterocycles. The van der Waals surface area contributed by atoms with Gasteiger partial charge in [0.2, 0.25) is 5.16 Å². The second-order valence-corrected chi connectivity index (χ2v) is 7.35. The molecule has 7 heteroatoms. The SMILES string of the molecule is Cc1nnc(SCc2ccc(Cl)cc2)nc1CC=Nc1ccc(Cl)cc1. The van der Waals surface area contributed by atoms with E-state index in [1.54, 1.807) is 11.8 Å². The van der Waals surface area contributed by atoms with Gasteiger partial charge in [-0.2, -0.15) is 5.10 Å². The molecule has 0 atom stereocenters. The third-order valence-corrected chi connectivity index (χ3v) is 4.98. The Labute approximate surface area is 166 Å². The Morgan fingerprint density at radius 1 is 0.962 bits per heavy atom. The van der Waals surface area contributed by atoms with Crippen molar-refractivity contribution in [2.75, 3.05) is 0 Å². The van der Waals surface area contributed by atoms with Crippen molar-refractivity contribution in [2.24, 2.45) is 4.99 Å². The highest BCUT2D eigenvalue weighted by molar-refractivity contribution is 7.98.